The van der Waals surface area contributed by atoms with Gasteiger partial charge in [-0.15, -0.1) is 6.58 Å². The van der Waals surface area contributed by atoms with Crippen LogP contribution < -0.4 is 4.72 Å². The van der Waals surface area contributed by atoms with Gasteiger partial charge in [0.2, 0.25) is 0 Å². The summed E-state index contributed by atoms with van der Waals surface area (Å²) in [6.45, 7) is 23.0. The molecule has 0 heterocycles. The summed E-state index contributed by atoms with van der Waals surface area (Å²) in [6, 6.07) is 0. The van der Waals surface area contributed by atoms with Crippen LogP contribution in [0.5, 0.6) is 0 Å². The van der Waals surface area contributed by atoms with Gasteiger partial charge in [-0.2, -0.15) is 0 Å². The SMILES string of the molecule is C=C(C)/C(=C/C)C1=C(C)CCC1.C=CC1CCCCC1SNC.CC.CC1(C)CCCC1. The van der Waals surface area contributed by atoms with Crippen LogP contribution in [0.25, 0.3) is 0 Å². The van der Waals surface area contributed by atoms with E-state index in [9.17, 15) is 0 Å². The van der Waals surface area contributed by atoms with Crippen LogP contribution in [-0.4, -0.2) is 12.3 Å². The normalized spacial score (nSPS) is 24.3. The van der Waals surface area contributed by atoms with Crippen molar-refractivity contribution in [3.63, 3.8) is 0 Å². The molecule has 0 spiro atoms. The largest absolute Gasteiger partial charge is 0.267 e. The summed E-state index contributed by atoms with van der Waals surface area (Å²) in [6.07, 6.45) is 19.5. The van der Waals surface area contributed by atoms with Gasteiger partial charge < -0.3 is 0 Å². The molecular formula is C30H55NS. The summed E-state index contributed by atoms with van der Waals surface area (Å²) in [4.78, 5) is 0. The third-order valence-electron chi connectivity index (χ3n) is 6.85. The quantitative estimate of drug-likeness (QED) is 0.248. The molecule has 0 amide bonds. The second kappa shape index (κ2) is 17.7. The summed E-state index contributed by atoms with van der Waals surface area (Å²) < 4.78 is 3.17. The molecule has 0 saturated heterocycles. The average molecular weight is 462 g/mol. The average Bonchev–Trinajstić information content (AvgIpc) is 3.39. The van der Waals surface area contributed by atoms with E-state index in [0.29, 0.717) is 5.41 Å². The standard InChI is InChI=1S/C12H18.C9H17NS.C7H14.C2H6/c1-5-11(9(2)3)12-8-6-7-10(12)4;1-3-8-6-4-5-7-9(8)11-10-2;1-7(2)5-3-4-6-7;1-2/h5H,2,6-8H2,1,3-4H3;3,8-10H,1,4-7H2,2H3;3-6H2,1-2H3;1-2H3/b11-5-;;;. The predicted molar refractivity (Wildman–Crippen MR) is 151 cm³/mol. The van der Waals surface area contributed by atoms with E-state index in [0.717, 1.165) is 11.2 Å². The fourth-order valence-electron chi connectivity index (χ4n) is 4.96. The van der Waals surface area contributed by atoms with E-state index in [4.69, 9.17) is 0 Å². The Hall–Kier alpha value is -0.730. The number of rotatable bonds is 5. The Balaban J connectivity index is 0.000000446. The first-order chi connectivity index (χ1) is 15.3. The van der Waals surface area contributed by atoms with Gasteiger partial charge in [0.25, 0.3) is 0 Å². The molecule has 2 unspecified atom stereocenters. The molecule has 2 saturated carbocycles. The van der Waals surface area contributed by atoms with Crippen molar-refractivity contribution in [1.82, 2.24) is 4.72 Å². The van der Waals surface area contributed by atoms with Crippen molar-refractivity contribution in [3.05, 3.63) is 47.6 Å². The molecule has 3 rings (SSSR count). The van der Waals surface area contributed by atoms with E-state index in [1.54, 1.807) is 11.1 Å². The van der Waals surface area contributed by atoms with E-state index >= 15 is 0 Å². The summed E-state index contributed by atoms with van der Waals surface area (Å²) in [5.41, 5.74) is 6.38. The van der Waals surface area contributed by atoms with Gasteiger partial charge >= 0.3 is 0 Å². The van der Waals surface area contributed by atoms with Crippen LogP contribution in [0.1, 0.15) is 119 Å². The maximum Gasteiger partial charge on any atom is 0.0255 e. The molecule has 0 aromatic heterocycles. The van der Waals surface area contributed by atoms with Gasteiger partial charge in [0.05, 0.1) is 0 Å². The minimum Gasteiger partial charge on any atom is -0.267 e. The highest BCUT2D eigenvalue weighted by molar-refractivity contribution is 7.98. The van der Waals surface area contributed by atoms with Gasteiger partial charge in [-0.3, -0.25) is 4.72 Å². The number of nitrogens with one attached hydrogen (secondary N) is 1. The highest BCUT2D eigenvalue weighted by Crippen LogP contribution is 2.36. The van der Waals surface area contributed by atoms with Crippen LogP contribution >= 0.6 is 11.9 Å². The second-order valence-electron chi connectivity index (χ2n) is 10.0. The first-order valence-electron chi connectivity index (χ1n) is 13.2. The number of hydrogen-bond acceptors (Lipinski definition) is 2. The van der Waals surface area contributed by atoms with E-state index in [2.05, 4.69) is 64.7 Å². The third-order valence-corrected chi connectivity index (χ3v) is 7.97. The fourth-order valence-corrected chi connectivity index (χ4v) is 5.97. The zero-order valence-electron chi connectivity index (χ0n) is 22.9. The van der Waals surface area contributed by atoms with E-state index in [-0.39, 0.29) is 0 Å². The van der Waals surface area contributed by atoms with Crippen molar-refractivity contribution in [2.45, 2.75) is 124 Å². The fraction of sp³-hybridized carbons (Fsp3) is 0.733. The predicted octanol–water partition coefficient (Wildman–Crippen LogP) is 10.2. The van der Waals surface area contributed by atoms with Gasteiger partial charge in [-0.25, -0.2) is 0 Å². The zero-order chi connectivity index (χ0) is 24.6. The molecule has 2 fully saturated rings. The lowest BCUT2D eigenvalue weighted by molar-refractivity contribution is 0.382. The van der Waals surface area contributed by atoms with Gasteiger partial charge in [0.1, 0.15) is 0 Å². The molecule has 2 atom stereocenters. The molecule has 1 N–H and O–H groups in total. The van der Waals surface area contributed by atoms with Crippen LogP contribution in [0.2, 0.25) is 0 Å². The van der Waals surface area contributed by atoms with E-state index < -0.39 is 0 Å². The Kier molecular flexibility index (Phi) is 17.3. The van der Waals surface area contributed by atoms with Crippen LogP contribution in [0.15, 0.2) is 47.6 Å². The van der Waals surface area contributed by atoms with Gasteiger partial charge in [0, 0.05) is 5.25 Å². The lowest BCUT2D eigenvalue weighted by atomic mass is 9.89. The minimum absolute atomic E-state index is 0.694. The van der Waals surface area contributed by atoms with Crippen molar-refractivity contribution in [2.75, 3.05) is 7.05 Å². The van der Waals surface area contributed by atoms with Crippen LogP contribution in [-0.2, 0) is 0 Å². The molecule has 1 nitrogen and oxygen atoms in total. The molecule has 0 radical (unpaired) electrons. The molecule has 3 aliphatic carbocycles. The van der Waals surface area contributed by atoms with Crippen LogP contribution in [0, 0.1) is 11.3 Å². The molecule has 0 aromatic rings. The highest BCUT2D eigenvalue weighted by atomic mass is 32.2. The molecular weight excluding hydrogens is 406 g/mol. The second-order valence-corrected chi connectivity index (χ2v) is 11.3. The third kappa shape index (κ3) is 11.9. The maximum atomic E-state index is 4.00. The monoisotopic (exact) mass is 461 g/mol. The summed E-state index contributed by atoms with van der Waals surface area (Å²) in [5, 5.41) is 0.770. The van der Waals surface area contributed by atoms with Crippen molar-refractivity contribution in [2.24, 2.45) is 11.3 Å². The molecule has 3 aliphatic rings. The zero-order valence-corrected chi connectivity index (χ0v) is 23.7. The van der Waals surface area contributed by atoms with Crippen LogP contribution in [0.3, 0.4) is 0 Å². The van der Waals surface area contributed by atoms with Crippen molar-refractivity contribution in [3.8, 4) is 0 Å². The van der Waals surface area contributed by atoms with E-state index in [1.807, 2.05) is 32.8 Å². The summed E-state index contributed by atoms with van der Waals surface area (Å²) >= 11 is 1.86. The molecule has 32 heavy (non-hydrogen) atoms. The lowest BCUT2D eigenvalue weighted by Gasteiger charge is -2.27. The van der Waals surface area contributed by atoms with Gasteiger partial charge in [0.15, 0.2) is 0 Å². The van der Waals surface area contributed by atoms with Crippen molar-refractivity contribution < 1.29 is 0 Å². The molecule has 2 heteroatoms. The first kappa shape index (κ1) is 31.3. The Morgan fingerprint density at radius 2 is 1.62 bits per heavy atom. The Morgan fingerprint density at radius 3 is 2.00 bits per heavy atom. The first-order valence-corrected chi connectivity index (χ1v) is 14.1. The van der Waals surface area contributed by atoms with Gasteiger partial charge in [-0.1, -0.05) is 95.2 Å². The maximum absolute atomic E-state index is 4.00. The minimum atomic E-state index is 0.694. The van der Waals surface area contributed by atoms with Crippen molar-refractivity contribution >= 4 is 11.9 Å². The van der Waals surface area contributed by atoms with Crippen LogP contribution in [0.4, 0.5) is 0 Å². The summed E-state index contributed by atoms with van der Waals surface area (Å²) in [5.74, 6) is 0.737. The lowest BCUT2D eigenvalue weighted by Crippen LogP contribution is -2.22. The van der Waals surface area contributed by atoms with Crippen molar-refractivity contribution in [1.29, 1.82) is 0 Å². The molecule has 186 valence electrons. The molecule has 0 aromatic carbocycles. The Morgan fingerprint density at radius 1 is 1.03 bits per heavy atom. The Bertz CT molecular complexity index is 586. The molecule has 0 aliphatic heterocycles. The topological polar surface area (TPSA) is 12.0 Å². The van der Waals surface area contributed by atoms with Gasteiger partial charge in [-0.05, 0) is 95.2 Å². The summed E-state index contributed by atoms with van der Waals surface area (Å²) in [7, 11) is 2.00. The highest BCUT2D eigenvalue weighted by Gasteiger charge is 2.22. The number of hydrogen-bond donors (Lipinski definition) is 1. The smallest absolute Gasteiger partial charge is 0.0255 e. The van der Waals surface area contributed by atoms with E-state index in [1.165, 1.54) is 81.8 Å². The molecule has 0 bridgehead atoms. The Labute approximate surface area is 206 Å². The number of allylic oxidation sites excluding steroid dienone is 6.